The summed E-state index contributed by atoms with van der Waals surface area (Å²) in [6.07, 6.45) is 3.87. The van der Waals surface area contributed by atoms with Crippen LogP contribution in [0, 0.1) is 18.3 Å². The molecule has 1 radical (unpaired) electrons. The fourth-order valence-electron chi connectivity index (χ4n) is 2.61. The second kappa shape index (κ2) is 1.64. The highest BCUT2D eigenvalue weighted by Crippen LogP contribution is 2.53. The SMILES string of the molecule is O=S1(=O)OC2[CH]C3CC2CC31. The topological polar surface area (TPSA) is 43.4 Å². The van der Waals surface area contributed by atoms with E-state index in [9.17, 15) is 8.42 Å². The Hall–Kier alpha value is -0.0900. The fourth-order valence-corrected chi connectivity index (χ4v) is 4.40. The third-order valence-corrected chi connectivity index (χ3v) is 4.88. The van der Waals surface area contributed by atoms with Gasteiger partial charge in [0.05, 0.1) is 11.4 Å². The molecular formula is C7H9O3S. The highest BCUT2D eigenvalue weighted by molar-refractivity contribution is 7.87. The van der Waals surface area contributed by atoms with Gasteiger partial charge in [-0.2, -0.15) is 8.42 Å². The van der Waals surface area contributed by atoms with E-state index in [1.807, 2.05) is 0 Å². The molecule has 4 unspecified atom stereocenters. The largest absolute Gasteiger partial charge is 0.270 e. The molecule has 3 nitrogen and oxygen atoms in total. The zero-order valence-corrected chi connectivity index (χ0v) is 6.75. The molecule has 4 heteroatoms. The first kappa shape index (κ1) is 6.43. The van der Waals surface area contributed by atoms with Crippen LogP contribution in [0.1, 0.15) is 12.8 Å². The highest BCUT2D eigenvalue weighted by atomic mass is 32.2. The molecule has 4 fully saturated rings. The van der Waals surface area contributed by atoms with E-state index in [1.54, 1.807) is 0 Å². The van der Waals surface area contributed by atoms with Gasteiger partial charge >= 0.3 is 0 Å². The van der Waals surface area contributed by atoms with Crippen LogP contribution >= 0.6 is 0 Å². The van der Waals surface area contributed by atoms with Gasteiger partial charge in [-0.15, -0.1) is 0 Å². The van der Waals surface area contributed by atoms with E-state index in [0.717, 1.165) is 12.8 Å². The molecule has 0 aromatic heterocycles. The summed E-state index contributed by atoms with van der Waals surface area (Å²) in [6.45, 7) is 0. The lowest BCUT2D eigenvalue weighted by Gasteiger charge is -2.33. The van der Waals surface area contributed by atoms with Crippen molar-refractivity contribution < 1.29 is 12.6 Å². The summed E-state index contributed by atoms with van der Waals surface area (Å²) in [6, 6.07) is 0. The Balaban J connectivity index is 2.13. The fraction of sp³-hybridized carbons (Fsp3) is 0.857. The molecule has 4 rings (SSSR count). The van der Waals surface area contributed by atoms with Crippen molar-refractivity contribution in [1.29, 1.82) is 0 Å². The molecule has 2 heterocycles. The number of hydrogen-bond acceptors (Lipinski definition) is 3. The standard InChI is InChI=1S/C7H9O3S/c8-11(9)7-3-4-1-5(7)2-6(4)10-11/h2,4-7H,1,3H2. The first-order valence-electron chi connectivity index (χ1n) is 3.94. The summed E-state index contributed by atoms with van der Waals surface area (Å²) < 4.78 is 27.4. The summed E-state index contributed by atoms with van der Waals surface area (Å²) in [5.74, 6) is 0.817. The van der Waals surface area contributed by atoms with Crippen LogP contribution < -0.4 is 0 Å². The molecule has 0 N–H and O–H groups in total. The summed E-state index contributed by atoms with van der Waals surface area (Å²) in [5, 5.41) is -0.197. The van der Waals surface area contributed by atoms with Crippen LogP contribution in [0.15, 0.2) is 0 Å². The quantitative estimate of drug-likeness (QED) is 0.496. The molecule has 0 spiro atoms. The molecule has 4 aliphatic rings. The Morgan fingerprint density at radius 3 is 2.64 bits per heavy atom. The molecular weight excluding hydrogens is 164 g/mol. The van der Waals surface area contributed by atoms with Crippen molar-refractivity contribution in [2.75, 3.05) is 0 Å². The Labute approximate surface area is 65.9 Å². The maximum absolute atomic E-state index is 11.2. The third-order valence-electron chi connectivity index (χ3n) is 3.11. The zero-order valence-electron chi connectivity index (χ0n) is 5.93. The van der Waals surface area contributed by atoms with E-state index in [0.29, 0.717) is 11.8 Å². The van der Waals surface area contributed by atoms with Gasteiger partial charge in [0.1, 0.15) is 0 Å². The van der Waals surface area contributed by atoms with E-state index in [1.165, 1.54) is 0 Å². The molecule has 11 heavy (non-hydrogen) atoms. The number of fused-ring (bicyclic) bond motifs is 1. The monoisotopic (exact) mass is 173 g/mol. The second-order valence-corrected chi connectivity index (χ2v) is 5.46. The zero-order chi connectivity index (χ0) is 7.64. The van der Waals surface area contributed by atoms with Gasteiger partial charge in [0, 0.05) is 0 Å². The van der Waals surface area contributed by atoms with Gasteiger partial charge in [-0.05, 0) is 31.1 Å². The van der Waals surface area contributed by atoms with E-state index >= 15 is 0 Å². The number of rotatable bonds is 0. The molecule has 4 bridgehead atoms. The Morgan fingerprint density at radius 2 is 2.18 bits per heavy atom. The average Bonchev–Trinajstić information content (AvgIpc) is 2.39. The predicted octanol–water partition coefficient (Wildman–Crippen LogP) is 0.328. The van der Waals surface area contributed by atoms with Crippen LogP contribution in [-0.2, 0) is 14.3 Å². The molecule has 2 aliphatic heterocycles. The molecule has 0 aromatic carbocycles. The van der Waals surface area contributed by atoms with Crippen LogP contribution in [0.3, 0.4) is 0 Å². The van der Waals surface area contributed by atoms with Crippen molar-refractivity contribution in [3.8, 4) is 0 Å². The van der Waals surface area contributed by atoms with Crippen LogP contribution in [0.4, 0.5) is 0 Å². The summed E-state index contributed by atoms with van der Waals surface area (Å²) in [4.78, 5) is 0. The summed E-state index contributed by atoms with van der Waals surface area (Å²) in [7, 11) is -3.16. The molecule has 0 aromatic rings. The number of hydrogen-bond donors (Lipinski definition) is 0. The highest BCUT2D eigenvalue weighted by Gasteiger charge is 2.58. The van der Waals surface area contributed by atoms with Crippen molar-refractivity contribution in [1.82, 2.24) is 0 Å². The minimum Gasteiger partial charge on any atom is -0.266 e. The molecule has 61 valence electrons. The summed E-state index contributed by atoms with van der Waals surface area (Å²) in [5.41, 5.74) is 0. The summed E-state index contributed by atoms with van der Waals surface area (Å²) >= 11 is 0. The van der Waals surface area contributed by atoms with Crippen LogP contribution in [-0.4, -0.2) is 19.8 Å². The van der Waals surface area contributed by atoms with Crippen LogP contribution in [0.25, 0.3) is 0 Å². The van der Waals surface area contributed by atoms with Crippen molar-refractivity contribution in [3.63, 3.8) is 0 Å². The van der Waals surface area contributed by atoms with Gasteiger partial charge in [-0.1, -0.05) is 0 Å². The smallest absolute Gasteiger partial charge is 0.266 e. The Bertz CT molecular complexity index is 293. The molecule has 0 amide bonds. The Kier molecular flexibility index (Phi) is 0.958. The maximum Gasteiger partial charge on any atom is 0.270 e. The Morgan fingerprint density at radius 1 is 1.36 bits per heavy atom. The lowest BCUT2D eigenvalue weighted by atomic mass is 9.97. The van der Waals surface area contributed by atoms with E-state index in [2.05, 4.69) is 6.42 Å². The molecule has 2 saturated heterocycles. The molecule has 2 saturated carbocycles. The molecule has 4 atom stereocenters. The normalized spacial score (nSPS) is 57.1. The average molecular weight is 173 g/mol. The minimum absolute atomic E-state index is 0.0741. The second-order valence-electron chi connectivity index (χ2n) is 3.68. The first-order valence-corrected chi connectivity index (χ1v) is 5.41. The van der Waals surface area contributed by atoms with Crippen molar-refractivity contribution in [2.24, 2.45) is 11.8 Å². The van der Waals surface area contributed by atoms with Crippen molar-refractivity contribution in [2.45, 2.75) is 24.2 Å². The van der Waals surface area contributed by atoms with E-state index < -0.39 is 10.1 Å². The lowest BCUT2D eigenvalue weighted by molar-refractivity contribution is 0.152. The van der Waals surface area contributed by atoms with Crippen LogP contribution in [0.5, 0.6) is 0 Å². The lowest BCUT2D eigenvalue weighted by Crippen LogP contribution is -2.43. The van der Waals surface area contributed by atoms with Crippen molar-refractivity contribution in [3.05, 3.63) is 6.42 Å². The maximum atomic E-state index is 11.2. The van der Waals surface area contributed by atoms with Gasteiger partial charge in [0.15, 0.2) is 0 Å². The third kappa shape index (κ3) is 0.649. The van der Waals surface area contributed by atoms with Gasteiger partial charge < -0.3 is 0 Å². The molecule has 2 aliphatic carbocycles. The predicted molar refractivity (Wildman–Crippen MR) is 38.1 cm³/mol. The first-order chi connectivity index (χ1) is 5.17. The minimum atomic E-state index is -3.16. The van der Waals surface area contributed by atoms with Crippen LogP contribution in [0.2, 0.25) is 0 Å². The van der Waals surface area contributed by atoms with Crippen molar-refractivity contribution >= 4 is 10.1 Å². The van der Waals surface area contributed by atoms with Gasteiger partial charge in [-0.25, -0.2) is 0 Å². The van der Waals surface area contributed by atoms with E-state index in [-0.39, 0.29) is 11.4 Å². The van der Waals surface area contributed by atoms with Gasteiger partial charge in [0.2, 0.25) is 0 Å². The van der Waals surface area contributed by atoms with Gasteiger partial charge in [-0.3, -0.25) is 4.18 Å². The van der Waals surface area contributed by atoms with Gasteiger partial charge in [0.25, 0.3) is 10.1 Å². The van der Waals surface area contributed by atoms with E-state index in [4.69, 9.17) is 4.18 Å².